The van der Waals surface area contributed by atoms with E-state index in [0.717, 1.165) is 0 Å². The molecule has 0 aliphatic rings. The molecular formula is C20H18. The van der Waals surface area contributed by atoms with Crippen LogP contribution < -0.4 is 0 Å². The highest BCUT2D eigenvalue weighted by Gasteiger charge is 1.80. The van der Waals surface area contributed by atoms with E-state index in [2.05, 4.69) is 36.4 Å². The van der Waals surface area contributed by atoms with Crippen molar-refractivity contribution in [2.75, 3.05) is 0 Å². The summed E-state index contributed by atoms with van der Waals surface area (Å²) in [5.41, 5.74) is 2.43. The second-order valence-electron chi connectivity index (χ2n) is 4.31. The van der Waals surface area contributed by atoms with Crippen LogP contribution in [0.1, 0.15) is 11.1 Å². The number of allylic oxidation sites excluding steroid dienone is 6. The molecule has 0 bridgehead atoms. The van der Waals surface area contributed by atoms with Crippen LogP contribution in [0.5, 0.6) is 0 Å². The monoisotopic (exact) mass is 258 g/mol. The Labute approximate surface area is 121 Å². The van der Waals surface area contributed by atoms with Gasteiger partial charge in [0.25, 0.3) is 0 Å². The van der Waals surface area contributed by atoms with E-state index >= 15 is 0 Å². The van der Waals surface area contributed by atoms with E-state index in [1.165, 1.54) is 11.1 Å². The highest BCUT2D eigenvalue weighted by atomic mass is 13.9. The molecule has 0 unspecified atom stereocenters. The second-order valence-corrected chi connectivity index (χ2v) is 4.31. The molecule has 0 heterocycles. The Morgan fingerprint density at radius 3 is 1.15 bits per heavy atom. The molecule has 2 aromatic carbocycles. The lowest BCUT2D eigenvalue weighted by Gasteiger charge is -1.88. The van der Waals surface area contributed by atoms with Gasteiger partial charge in [-0.05, 0) is 11.1 Å². The van der Waals surface area contributed by atoms with Gasteiger partial charge in [0.15, 0.2) is 0 Å². The predicted molar refractivity (Wildman–Crippen MR) is 89.2 cm³/mol. The van der Waals surface area contributed by atoms with Gasteiger partial charge in [-0.3, -0.25) is 0 Å². The Bertz CT molecular complexity index is 542. The molecule has 2 aromatic rings. The number of hydrogen-bond acceptors (Lipinski definition) is 0. The number of rotatable bonds is 5. The molecule has 20 heavy (non-hydrogen) atoms. The third kappa shape index (κ3) is 5.36. The van der Waals surface area contributed by atoms with Gasteiger partial charge in [0, 0.05) is 0 Å². The molecule has 0 atom stereocenters. The first-order valence-corrected chi connectivity index (χ1v) is 6.73. The van der Waals surface area contributed by atoms with Gasteiger partial charge in [0.05, 0.1) is 0 Å². The van der Waals surface area contributed by atoms with Crippen LogP contribution in [0.25, 0.3) is 12.2 Å². The Morgan fingerprint density at radius 2 is 0.750 bits per heavy atom. The molecule has 2 rings (SSSR count). The van der Waals surface area contributed by atoms with Gasteiger partial charge in [-0.2, -0.15) is 0 Å². The van der Waals surface area contributed by atoms with Gasteiger partial charge in [-0.1, -0.05) is 109 Å². The highest BCUT2D eigenvalue weighted by molar-refractivity contribution is 5.52. The number of hydrogen-bond donors (Lipinski definition) is 0. The maximum absolute atomic E-state index is 2.09. The Balaban J connectivity index is 1.77. The van der Waals surface area contributed by atoms with Crippen molar-refractivity contribution in [3.05, 3.63) is 108 Å². The van der Waals surface area contributed by atoms with Gasteiger partial charge in [-0.15, -0.1) is 0 Å². The van der Waals surface area contributed by atoms with Gasteiger partial charge >= 0.3 is 0 Å². The summed E-state index contributed by atoms with van der Waals surface area (Å²) in [5.74, 6) is 0. The minimum absolute atomic E-state index is 1.21. The summed E-state index contributed by atoms with van der Waals surface area (Å²) < 4.78 is 0. The second kappa shape index (κ2) is 8.49. The van der Waals surface area contributed by atoms with Crippen molar-refractivity contribution in [2.24, 2.45) is 0 Å². The zero-order valence-electron chi connectivity index (χ0n) is 11.4. The van der Waals surface area contributed by atoms with Gasteiger partial charge < -0.3 is 0 Å². The van der Waals surface area contributed by atoms with Gasteiger partial charge in [0.1, 0.15) is 0 Å². The van der Waals surface area contributed by atoms with E-state index in [9.17, 15) is 0 Å². The van der Waals surface area contributed by atoms with E-state index in [-0.39, 0.29) is 0 Å². The Hall–Kier alpha value is -2.60. The van der Waals surface area contributed by atoms with Crippen LogP contribution in [0.2, 0.25) is 0 Å². The molecule has 0 nitrogen and oxygen atoms in total. The normalized spacial score (nSPS) is 12.2. The predicted octanol–water partition coefficient (Wildman–Crippen LogP) is 5.53. The molecule has 0 saturated carbocycles. The highest BCUT2D eigenvalue weighted by Crippen LogP contribution is 2.02. The average Bonchev–Trinajstić information content (AvgIpc) is 2.52. The van der Waals surface area contributed by atoms with Crippen LogP contribution in [-0.2, 0) is 0 Å². The van der Waals surface area contributed by atoms with Crippen molar-refractivity contribution in [1.82, 2.24) is 0 Å². The Kier molecular flexibility index (Phi) is 5.87. The van der Waals surface area contributed by atoms with Gasteiger partial charge in [-0.25, -0.2) is 0 Å². The maximum atomic E-state index is 2.09. The zero-order valence-corrected chi connectivity index (χ0v) is 11.4. The summed E-state index contributed by atoms with van der Waals surface area (Å²) in [7, 11) is 0. The van der Waals surface area contributed by atoms with Crippen molar-refractivity contribution in [1.29, 1.82) is 0 Å². The fraction of sp³-hybridized carbons (Fsp3) is 0. The molecule has 0 N–H and O–H groups in total. The lowest BCUT2D eigenvalue weighted by Crippen LogP contribution is -1.66. The lowest BCUT2D eigenvalue weighted by atomic mass is 10.2. The summed E-state index contributed by atoms with van der Waals surface area (Å²) in [5, 5.41) is 0. The van der Waals surface area contributed by atoms with E-state index in [4.69, 9.17) is 0 Å². The van der Waals surface area contributed by atoms with E-state index < -0.39 is 0 Å². The van der Waals surface area contributed by atoms with Crippen LogP contribution in [0.15, 0.2) is 97.1 Å². The van der Waals surface area contributed by atoms with E-state index in [1.807, 2.05) is 72.9 Å². The third-order valence-corrected chi connectivity index (χ3v) is 2.73. The quantitative estimate of drug-likeness (QED) is 0.619. The molecule has 0 fully saturated rings. The maximum Gasteiger partial charge on any atom is -0.0257 e. The molecule has 0 aliphatic carbocycles. The van der Waals surface area contributed by atoms with E-state index in [0.29, 0.717) is 0 Å². The van der Waals surface area contributed by atoms with Crippen molar-refractivity contribution >= 4 is 12.2 Å². The number of benzene rings is 2. The first-order chi connectivity index (χ1) is 9.95. The summed E-state index contributed by atoms with van der Waals surface area (Å²) in [6, 6.07) is 20.5. The molecule has 0 spiro atoms. The summed E-state index contributed by atoms with van der Waals surface area (Å²) in [6.45, 7) is 0. The largest absolute Gasteiger partial charge is 0.0623 e. The third-order valence-electron chi connectivity index (χ3n) is 2.73. The summed E-state index contributed by atoms with van der Waals surface area (Å²) in [4.78, 5) is 0. The first-order valence-electron chi connectivity index (χ1n) is 6.73. The van der Waals surface area contributed by atoms with Crippen molar-refractivity contribution < 1.29 is 0 Å². The average molecular weight is 258 g/mol. The van der Waals surface area contributed by atoms with Crippen LogP contribution in [0, 0.1) is 0 Å². The molecule has 98 valence electrons. The zero-order chi connectivity index (χ0) is 13.9. The van der Waals surface area contributed by atoms with Crippen LogP contribution in [-0.4, -0.2) is 0 Å². The molecule has 0 aromatic heterocycles. The van der Waals surface area contributed by atoms with Crippen molar-refractivity contribution in [3.8, 4) is 0 Å². The summed E-state index contributed by atoms with van der Waals surface area (Å²) in [6.07, 6.45) is 16.4. The topological polar surface area (TPSA) is 0 Å². The van der Waals surface area contributed by atoms with Crippen molar-refractivity contribution in [3.63, 3.8) is 0 Å². The molecule has 0 heteroatoms. The molecule has 0 amide bonds. The fourth-order valence-corrected chi connectivity index (χ4v) is 1.72. The fourth-order valence-electron chi connectivity index (χ4n) is 1.72. The van der Waals surface area contributed by atoms with Crippen molar-refractivity contribution in [2.45, 2.75) is 0 Å². The molecule has 0 radical (unpaired) electrons. The lowest BCUT2D eigenvalue weighted by molar-refractivity contribution is 1.66. The molecule has 0 saturated heterocycles. The minimum Gasteiger partial charge on any atom is -0.0623 e. The van der Waals surface area contributed by atoms with E-state index in [1.54, 1.807) is 0 Å². The SMILES string of the molecule is C(C=CC=Cc1ccccc1)=CC=Cc1ccccc1. The first kappa shape index (κ1) is 13.8. The molecule has 0 aliphatic heterocycles. The van der Waals surface area contributed by atoms with Crippen LogP contribution in [0.3, 0.4) is 0 Å². The van der Waals surface area contributed by atoms with Crippen LogP contribution >= 0.6 is 0 Å². The Morgan fingerprint density at radius 1 is 0.400 bits per heavy atom. The van der Waals surface area contributed by atoms with Gasteiger partial charge in [0.2, 0.25) is 0 Å². The standard InChI is InChI=1S/C20H18/c1(3-7-13-19-15-9-5-10-16-19)2-4-8-14-20-17-11-6-12-18-20/h1-18H. The smallest absolute Gasteiger partial charge is 0.0257 e. The molecular weight excluding hydrogens is 240 g/mol. The van der Waals surface area contributed by atoms with Crippen LogP contribution in [0.4, 0.5) is 0 Å². The summed E-state index contributed by atoms with van der Waals surface area (Å²) >= 11 is 0. The minimum atomic E-state index is 1.21.